The standard InChI is InChI=1S/C21H25N7O3/c1-26-14-16(13-23-26)20(30)22-12-15-6-9-27(10-7-15)19(29)8-11-28-21(31)17-4-2-3-5-18(17)24-25-28/h2-5,13-15H,6-12H2,1H3,(H,22,30). The van der Waals surface area contributed by atoms with Crippen LogP contribution in [0.1, 0.15) is 29.6 Å². The van der Waals surface area contributed by atoms with Crippen LogP contribution in [0, 0.1) is 5.92 Å². The Kier molecular flexibility index (Phi) is 6.06. The summed E-state index contributed by atoms with van der Waals surface area (Å²) in [7, 11) is 1.77. The molecule has 2 amide bonds. The molecule has 31 heavy (non-hydrogen) atoms. The molecule has 0 bridgehead atoms. The van der Waals surface area contributed by atoms with Gasteiger partial charge in [0, 0.05) is 39.3 Å². The molecule has 0 unspecified atom stereocenters. The number of carbonyl (C=O) groups excluding carboxylic acids is 2. The van der Waals surface area contributed by atoms with E-state index < -0.39 is 0 Å². The predicted octanol–water partition coefficient (Wildman–Crippen LogP) is 0.584. The number of nitrogens with one attached hydrogen (secondary N) is 1. The SMILES string of the molecule is Cn1cc(C(=O)NCC2CCN(C(=O)CCn3nnc4ccccc4c3=O)CC2)cn1. The molecule has 3 heterocycles. The third kappa shape index (κ3) is 4.79. The summed E-state index contributed by atoms with van der Waals surface area (Å²) < 4.78 is 2.84. The van der Waals surface area contributed by atoms with Crippen molar-refractivity contribution in [1.82, 2.24) is 35.0 Å². The van der Waals surface area contributed by atoms with Crippen molar-refractivity contribution in [3.8, 4) is 0 Å². The van der Waals surface area contributed by atoms with E-state index in [0.717, 1.165) is 12.8 Å². The van der Waals surface area contributed by atoms with Gasteiger partial charge >= 0.3 is 0 Å². The molecular formula is C21H25N7O3. The second-order valence-electron chi connectivity index (χ2n) is 7.82. The van der Waals surface area contributed by atoms with Crippen LogP contribution in [-0.2, 0) is 18.4 Å². The average molecular weight is 423 g/mol. The van der Waals surface area contributed by atoms with Crippen LogP contribution in [0.5, 0.6) is 0 Å². The Bertz CT molecular complexity index is 1150. The molecule has 1 aliphatic heterocycles. The molecule has 2 aromatic heterocycles. The number of hydrogen-bond donors (Lipinski definition) is 1. The number of aryl methyl sites for hydroxylation is 2. The van der Waals surface area contributed by atoms with Gasteiger partial charge in [-0.15, -0.1) is 5.10 Å². The highest BCUT2D eigenvalue weighted by Crippen LogP contribution is 2.17. The lowest BCUT2D eigenvalue weighted by molar-refractivity contribution is -0.132. The van der Waals surface area contributed by atoms with Gasteiger partial charge in [0.2, 0.25) is 5.91 Å². The van der Waals surface area contributed by atoms with Crippen molar-refractivity contribution in [3.05, 3.63) is 52.6 Å². The maximum absolute atomic E-state index is 12.6. The first-order chi connectivity index (χ1) is 15.0. The van der Waals surface area contributed by atoms with E-state index in [0.29, 0.717) is 42.0 Å². The van der Waals surface area contributed by atoms with Gasteiger partial charge in [-0.25, -0.2) is 4.68 Å². The van der Waals surface area contributed by atoms with Gasteiger partial charge < -0.3 is 10.2 Å². The zero-order valence-electron chi connectivity index (χ0n) is 17.4. The molecule has 0 radical (unpaired) electrons. The number of hydrogen-bond acceptors (Lipinski definition) is 6. The molecule has 1 aliphatic rings. The summed E-state index contributed by atoms with van der Waals surface area (Å²) in [4.78, 5) is 39.0. The van der Waals surface area contributed by atoms with Gasteiger partial charge in [0.15, 0.2) is 0 Å². The number of rotatable bonds is 6. The van der Waals surface area contributed by atoms with Gasteiger partial charge in [0.1, 0.15) is 5.52 Å². The summed E-state index contributed by atoms with van der Waals surface area (Å²) in [5.41, 5.74) is 0.858. The number of carbonyl (C=O) groups is 2. The van der Waals surface area contributed by atoms with E-state index in [9.17, 15) is 14.4 Å². The van der Waals surface area contributed by atoms with E-state index in [1.165, 1.54) is 4.68 Å². The molecule has 0 atom stereocenters. The summed E-state index contributed by atoms with van der Waals surface area (Å²) in [6, 6.07) is 7.04. The third-order valence-corrected chi connectivity index (χ3v) is 5.65. The van der Waals surface area contributed by atoms with Gasteiger partial charge in [-0.1, -0.05) is 17.3 Å². The highest BCUT2D eigenvalue weighted by Gasteiger charge is 2.23. The van der Waals surface area contributed by atoms with Crippen LogP contribution in [0.15, 0.2) is 41.5 Å². The van der Waals surface area contributed by atoms with E-state index in [-0.39, 0.29) is 30.3 Å². The first-order valence-corrected chi connectivity index (χ1v) is 10.4. The minimum absolute atomic E-state index is 0.000274. The van der Waals surface area contributed by atoms with Crippen LogP contribution in [0.3, 0.4) is 0 Å². The molecular weight excluding hydrogens is 398 g/mol. The second kappa shape index (κ2) is 9.07. The van der Waals surface area contributed by atoms with Crippen LogP contribution in [0.25, 0.3) is 10.9 Å². The van der Waals surface area contributed by atoms with Crippen molar-refractivity contribution >= 4 is 22.7 Å². The van der Waals surface area contributed by atoms with E-state index >= 15 is 0 Å². The van der Waals surface area contributed by atoms with Crippen LogP contribution in [0.2, 0.25) is 0 Å². The molecule has 0 aliphatic carbocycles. The normalized spacial score (nSPS) is 14.7. The lowest BCUT2D eigenvalue weighted by Crippen LogP contribution is -2.42. The Balaban J connectivity index is 1.24. The average Bonchev–Trinajstić information content (AvgIpc) is 3.24. The maximum Gasteiger partial charge on any atom is 0.277 e. The fourth-order valence-electron chi connectivity index (χ4n) is 3.79. The Morgan fingerprint density at radius 1 is 1.19 bits per heavy atom. The molecule has 10 heteroatoms. The number of nitrogens with zero attached hydrogens (tertiary/aromatic N) is 6. The first-order valence-electron chi connectivity index (χ1n) is 10.4. The largest absolute Gasteiger partial charge is 0.352 e. The molecule has 1 aromatic carbocycles. The summed E-state index contributed by atoms with van der Waals surface area (Å²) in [6.45, 7) is 2.07. The molecule has 162 valence electrons. The van der Waals surface area contributed by atoms with Crippen molar-refractivity contribution in [1.29, 1.82) is 0 Å². The Morgan fingerprint density at radius 3 is 2.71 bits per heavy atom. The summed E-state index contributed by atoms with van der Waals surface area (Å²) in [6.07, 6.45) is 5.09. The van der Waals surface area contributed by atoms with Crippen molar-refractivity contribution < 1.29 is 9.59 Å². The fourth-order valence-corrected chi connectivity index (χ4v) is 3.79. The van der Waals surface area contributed by atoms with Crippen LogP contribution < -0.4 is 10.9 Å². The van der Waals surface area contributed by atoms with E-state index in [4.69, 9.17) is 0 Å². The molecule has 1 saturated heterocycles. The smallest absolute Gasteiger partial charge is 0.277 e. The van der Waals surface area contributed by atoms with Crippen molar-refractivity contribution in [3.63, 3.8) is 0 Å². The van der Waals surface area contributed by atoms with Crippen LogP contribution in [-0.4, -0.2) is 61.1 Å². The van der Waals surface area contributed by atoms with Gasteiger partial charge in [0.05, 0.1) is 23.7 Å². The van der Waals surface area contributed by atoms with Crippen molar-refractivity contribution in [2.75, 3.05) is 19.6 Å². The van der Waals surface area contributed by atoms with Gasteiger partial charge in [-0.3, -0.25) is 19.1 Å². The molecule has 0 spiro atoms. The first kappa shape index (κ1) is 20.7. The zero-order chi connectivity index (χ0) is 21.8. The van der Waals surface area contributed by atoms with Crippen molar-refractivity contribution in [2.45, 2.75) is 25.8 Å². The molecule has 10 nitrogen and oxygen atoms in total. The van der Waals surface area contributed by atoms with Crippen LogP contribution in [0.4, 0.5) is 0 Å². The quantitative estimate of drug-likeness (QED) is 0.620. The Morgan fingerprint density at radius 2 is 1.97 bits per heavy atom. The topological polar surface area (TPSA) is 115 Å². The molecule has 0 saturated carbocycles. The molecule has 3 aromatic rings. The van der Waals surface area contributed by atoms with E-state index in [1.54, 1.807) is 48.4 Å². The van der Waals surface area contributed by atoms with Gasteiger partial charge in [-0.05, 0) is 30.9 Å². The fraction of sp³-hybridized carbons (Fsp3) is 0.429. The van der Waals surface area contributed by atoms with Gasteiger partial charge in [-0.2, -0.15) is 5.10 Å². The summed E-state index contributed by atoms with van der Waals surface area (Å²) >= 11 is 0. The monoisotopic (exact) mass is 423 g/mol. The number of fused-ring (bicyclic) bond motifs is 1. The van der Waals surface area contributed by atoms with E-state index in [1.807, 2.05) is 4.90 Å². The number of benzene rings is 1. The number of amides is 2. The lowest BCUT2D eigenvalue weighted by Gasteiger charge is -2.32. The lowest BCUT2D eigenvalue weighted by atomic mass is 9.96. The molecule has 1 fully saturated rings. The van der Waals surface area contributed by atoms with E-state index in [2.05, 4.69) is 20.7 Å². The minimum atomic E-state index is -0.235. The number of piperidine rings is 1. The molecule has 4 rings (SSSR count). The van der Waals surface area contributed by atoms with Crippen molar-refractivity contribution in [2.24, 2.45) is 13.0 Å². The predicted molar refractivity (Wildman–Crippen MR) is 113 cm³/mol. The second-order valence-corrected chi connectivity index (χ2v) is 7.82. The van der Waals surface area contributed by atoms with Gasteiger partial charge in [0.25, 0.3) is 11.5 Å². The zero-order valence-corrected chi connectivity index (χ0v) is 17.4. The highest BCUT2D eigenvalue weighted by atomic mass is 16.2. The van der Waals surface area contributed by atoms with Crippen LogP contribution >= 0.6 is 0 Å². The molecule has 1 N–H and O–H groups in total. The summed E-state index contributed by atoms with van der Waals surface area (Å²) in [5.74, 6) is 0.201. The maximum atomic E-state index is 12.6. The number of aromatic nitrogens is 5. The highest BCUT2D eigenvalue weighted by molar-refractivity contribution is 5.93. The third-order valence-electron chi connectivity index (χ3n) is 5.65. The summed E-state index contributed by atoms with van der Waals surface area (Å²) in [5, 5.41) is 15.4. The minimum Gasteiger partial charge on any atom is -0.352 e. The number of likely N-dealkylation sites (tertiary alicyclic amines) is 1. The Hall–Kier alpha value is -3.56. The Labute approximate surface area is 178 Å².